The van der Waals surface area contributed by atoms with Gasteiger partial charge in [-0.2, -0.15) is 0 Å². The van der Waals surface area contributed by atoms with Gasteiger partial charge in [0.05, 0.1) is 0 Å². The first-order valence-corrected chi connectivity index (χ1v) is 6.28. The fourth-order valence-corrected chi connectivity index (χ4v) is 1.74. The number of hydrogen-bond donors (Lipinski definition) is 2. The van der Waals surface area contributed by atoms with E-state index in [0.29, 0.717) is 0 Å². The van der Waals surface area contributed by atoms with Crippen LogP contribution in [-0.4, -0.2) is 11.6 Å². The molecule has 0 atom stereocenters. The molecule has 0 aromatic heterocycles. The van der Waals surface area contributed by atoms with Crippen LogP contribution in [0.3, 0.4) is 0 Å². The molecule has 2 amide bonds. The molecule has 0 saturated heterocycles. The molecule has 3 heteroatoms. The molecule has 0 aliphatic heterocycles. The molecular weight excluding hydrogens is 224 g/mol. The molecule has 1 rings (SSSR count). The maximum absolute atomic E-state index is 11.9. The number of nitrogens with one attached hydrogen (secondary N) is 2. The summed E-state index contributed by atoms with van der Waals surface area (Å²) >= 11 is 0. The van der Waals surface area contributed by atoms with Crippen molar-refractivity contribution >= 4 is 11.7 Å². The minimum Gasteiger partial charge on any atom is -0.333 e. The van der Waals surface area contributed by atoms with Crippen molar-refractivity contribution in [2.45, 2.75) is 52.5 Å². The minimum absolute atomic E-state index is 0.00556. The summed E-state index contributed by atoms with van der Waals surface area (Å²) in [4.78, 5) is 11.9. The molecule has 0 aliphatic carbocycles. The van der Waals surface area contributed by atoms with Crippen molar-refractivity contribution in [3.63, 3.8) is 0 Å². The molecule has 3 nitrogen and oxygen atoms in total. The smallest absolute Gasteiger partial charge is 0.319 e. The summed E-state index contributed by atoms with van der Waals surface area (Å²) in [5.41, 5.74) is 1.77. The molecule has 0 heterocycles. The Morgan fingerprint density at radius 2 is 1.56 bits per heavy atom. The Balaban J connectivity index is 2.89. The van der Waals surface area contributed by atoms with E-state index in [1.165, 1.54) is 0 Å². The average molecular weight is 248 g/mol. The molecule has 0 aliphatic rings. The third-order valence-electron chi connectivity index (χ3n) is 2.47. The second-order valence-electron chi connectivity index (χ2n) is 6.62. The van der Waals surface area contributed by atoms with Gasteiger partial charge in [-0.15, -0.1) is 0 Å². The van der Waals surface area contributed by atoms with Crippen LogP contribution in [0.2, 0.25) is 0 Å². The second kappa shape index (κ2) is 5.01. The molecule has 0 radical (unpaired) electrons. The topological polar surface area (TPSA) is 41.1 Å². The molecule has 100 valence electrons. The highest BCUT2D eigenvalue weighted by molar-refractivity contribution is 5.90. The number of carbonyl (C=O) groups excluding carboxylic acids is 1. The predicted octanol–water partition coefficient (Wildman–Crippen LogP) is 3.90. The Hall–Kier alpha value is -1.51. The van der Waals surface area contributed by atoms with Crippen molar-refractivity contribution in [2.24, 2.45) is 0 Å². The Morgan fingerprint density at radius 3 is 2.06 bits per heavy atom. The fourth-order valence-electron chi connectivity index (χ4n) is 1.74. The first-order chi connectivity index (χ1) is 8.09. The van der Waals surface area contributed by atoms with Crippen LogP contribution in [0.15, 0.2) is 24.3 Å². The van der Waals surface area contributed by atoms with E-state index in [9.17, 15) is 4.79 Å². The van der Waals surface area contributed by atoms with Crippen LogP contribution < -0.4 is 10.6 Å². The van der Waals surface area contributed by atoms with E-state index in [1.54, 1.807) is 0 Å². The average Bonchev–Trinajstić information content (AvgIpc) is 2.13. The fraction of sp³-hybridized carbons (Fsp3) is 0.533. The van der Waals surface area contributed by atoms with Crippen LogP contribution in [0.1, 0.15) is 47.1 Å². The van der Waals surface area contributed by atoms with Gasteiger partial charge >= 0.3 is 6.03 Å². The highest BCUT2D eigenvalue weighted by atomic mass is 16.2. The summed E-state index contributed by atoms with van der Waals surface area (Å²) in [6.07, 6.45) is 0. The quantitative estimate of drug-likeness (QED) is 0.777. The standard InChI is InChI=1S/C15H24N2O/c1-14(2,3)11-9-7-8-10-12(11)16-13(18)17-15(4,5)6/h7-10H,1-6H3,(H2,16,17,18). The van der Waals surface area contributed by atoms with E-state index < -0.39 is 0 Å². The van der Waals surface area contributed by atoms with Gasteiger partial charge in [-0.25, -0.2) is 4.79 Å². The van der Waals surface area contributed by atoms with Crippen molar-refractivity contribution in [3.8, 4) is 0 Å². The van der Waals surface area contributed by atoms with E-state index in [-0.39, 0.29) is 17.0 Å². The van der Waals surface area contributed by atoms with E-state index in [4.69, 9.17) is 0 Å². The Morgan fingerprint density at radius 1 is 1.00 bits per heavy atom. The molecule has 1 aromatic carbocycles. The first kappa shape index (κ1) is 14.6. The number of benzene rings is 1. The van der Waals surface area contributed by atoms with Crippen LogP contribution in [0.5, 0.6) is 0 Å². The molecule has 0 unspecified atom stereocenters. The van der Waals surface area contributed by atoms with Crippen LogP contribution in [0, 0.1) is 0 Å². The number of urea groups is 1. The number of hydrogen-bond acceptors (Lipinski definition) is 1. The summed E-state index contributed by atoms with van der Waals surface area (Å²) in [6.45, 7) is 12.3. The normalized spacial score (nSPS) is 12.1. The second-order valence-corrected chi connectivity index (χ2v) is 6.62. The zero-order chi connectivity index (χ0) is 14.0. The van der Waals surface area contributed by atoms with Crippen LogP contribution in [0.4, 0.5) is 10.5 Å². The highest BCUT2D eigenvalue weighted by Crippen LogP contribution is 2.29. The van der Waals surface area contributed by atoms with Gasteiger partial charge in [0.15, 0.2) is 0 Å². The van der Waals surface area contributed by atoms with Gasteiger partial charge in [-0.1, -0.05) is 39.0 Å². The molecule has 0 bridgehead atoms. The van der Waals surface area contributed by atoms with Gasteiger partial charge in [-0.3, -0.25) is 0 Å². The lowest BCUT2D eigenvalue weighted by molar-refractivity contribution is 0.244. The van der Waals surface area contributed by atoms with Crippen LogP contribution in [-0.2, 0) is 5.41 Å². The minimum atomic E-state index is -0.235. The summed E-state index contributed by atoms with van der Waals surface area (Å²) in [7, 11) is 0. The van der Waals surface area contributed by atoms with Crippen molar-refractivity contribution in [3.05, 3.63) is 29.8 Å². The maximum Gasteiger partial charge on any atom is 0.319 e. The highest BCUT2D eigenvalue weighted by Gasteiger charge is 2.19. The lowest BCUT2D eigenvalue weighted by atomic mass is 9.86. The molecule has 0 fully saturated rings. The molecule has 1 aromatic rings. The van der Waals surface area contributed by atoms with E-state index in [1.807, 2.05) is 45.0 Å². The molecular formula is C15H24N2O. The third kappa shape index (κ3) is 4.40. The van der Waals surface area contributed by atoms with Crippen molar-refractivity contribution in [1.29, 1.82) is 0 Å². The SMILES string of the molecule is CC(C)(C)NC(=O)Nc1ccccc1C(C)(C)C. The van der Waals surface area contributed by atoms with Gasteiger partial charge in [-0.05, 0) is 37.8 Å². The number of carbonyl (C=O) groups is 1. The van der Waals surface area contributed by atoms with Gasteiger partial charge < -0.3 is 10.6 Å². The summed E-state index contributed by atoms with van der Waals surface area (Å²) in [6, 6.07) is 7.74. The summed E-state index contributed by atoms with van der Waals surface area (Å²) < 4.78 is 0. The van der Waals surface area contributed by atoms with Gasteiger partial charge in [0.25, 0.3) is 0 Å². The van der Waals surface area contributed by atoms with E-state index >= 15 is 0 Å². The maximum atomic E-state index is 11.9. The Kier molecular flexibility index (Phi) is 4.05. The van der Waals surface area contributed by atoms with E-state index in [0.717, 1.165) is 11.3 Å². The predicted molar refractivity (Wildman–Crippen MR) is 77.0 cm³/mol. The molecule has 2 N–H and O–H groups in total. The molecule has 0 spiro atoms. The monoisotopic (exact) mass is 248 g/mol. The van der Waals surface area contributed by atoms with Crippen molar-refractivity contribution in [1.82, 2.24) is 5.32 Å². The van der Waals surface area contributed by atoms with Gasteiger partial charge in [0.2, 0.25) is 0 Å². The number of amides is 2. The lowest BCUT2D eigenvalue weighted by Crippen LogP contribution is -2.43. The largest absolute Gasteiger partial charge is 0.333 e. The third-order valence-corrected chi connectivity index (χ3v) is 2.47. The molecule has 18 heavy (non-hydrogen) atoms. The number of anilines is 1. The Labute approximate surface area is 110 Å². The number of rotatable bonds is 1. The summed E-state index contributed by atoms with van der Waals surface area (Å²) in [5.74, 6) is 0. The first-order valence-electron chi connectivity index (χ1n) is 6.28. The van der Waals surface area contributed by atoms with Crippen LogP contribution >= 0.6 is 0 Å². The lowest BCUT2D eigenvalue weighted by Gasteiger charge is -2.25. The summed E-state index contributed by atoms with van der Waals surface area (Å²) in [5, 5.41) is 5.82. The van der Waals surface area contributed by atoms with Gasteiger partial charge in [0.1, 0.15) is 0 Å². The zero-order valence-corrected chi connectivity index (χ0v) is 12.2. The van der Waals surface area contributed by atoms with Crippen molar-refractivity contribution < 1.29 is 4.79 Å². The van der Waals surface area contributed by atoms with Crippen LogP contribution in [0.25, 0.3) is 0 Å². The van der Waals surface area contributed by atoms with Gasteiger partial charge in [0, 0.05) is 11.2 Å². The molecule has 0 saturated carbocycles. The van der Waals surface area contributed by atoms with E-state index in [2.05, 4.69) is 31.4 Å². The van der Waals surface area contributed by atoms with Crippen molar-refractivity contribution in [2.75, 3.05) is 5.32 Å². The number of para-hydroxylation sites is 1. The zero-order valence-electron chi connectivity index (χ0n) is 12.2. The Bertz CT molecular complexity index is 425.